The summed E-state index contributed by atoms with van der Waals surface area (Å²) in [6, 6.07) is 5.73. The maximum Gasteiger partial charge on any atom is 0.129 e. The molecule has 0 bridgehead atoms. The monoisotopic (exact) mass is 267 g/mol. The summed E-state index contributed by atoms with van der Waals surface area (Å²) in [5.41, 5.74) is 0.628. The van der Waals surface area contributed by atoms with E-state index in [-0.39, 0.29) is 0 Å². The third kappa shape index (κ3) is 1.39. The van der Waals surface area contributed by atoms with Gasteiger partial charge in [0.15, 0.2) is 0 Å². The molecule has 1 heterocycles. The zero-order chi connectivity index (χ0) is 10.1. The smallest absolute Gasteiger partial charge is 0.129 e. The van der Waals surface area contributed by atoms with E-state index >= 15 is 0 Å². The standard InChI is InChI=1S/C10H6BrNOS/c1-13-8-2-6(4-12)3-9-10(8)7(11)5-14-9/h2-3,5H,1H3. The molecule has 0 aliphatic carbocycles. The molecular formula is C10H6BrNOS. The predicted molar refractivity (Wildman–Crippen MR) is 60.8 cm³/mol. The van der Waals surface area contributed by atoms with Crippen LogP contribution in [0.15, 0.2) is 22.0 Å². The summed E-state index contributed by atoms with van der Waals surface area (Å²) in [6.45, 7) is 0. The Hall–Kier alpha value is -1.05. The summed E-state index contributed by atoms with van der Waals surface area (Å²) < 4.78 is 7.31. The first kappa shape index (κ1) is 9.50. The van der Waals surface area contributed by atoms with E-state index in [1.807, 2.05) is 11.4 Å². The third-order valence-corrected chi connectivity index (χ3v) is 3.80. The number of hydrogen-bond acceptors (Lipinski definition) is 3. The van der Waals surface area contributed by atoms with Crippen molar-refractivity contribution in [2.75, 3.05) is 7.11 Å². The molecule has 2 rings (SSSR count). The lowest BCUT2D eigenvalue weighted by atomic mass is 10.2. The minimum atomic E-state index is 0.628. The Balaban J connectivity index is 2.84. The fraction of sp³-hybridized carbons (Fsp3) is 0.100. The molecule has 0 saturated heterocycles. The van der Waals surface area contributed by atoms with Gasteiger partial charge < -0.3 is 4.74 Å². The van der Waals surface area contributed by atoms with Crippen molar-refractivity contribution >= 4 is 37.4 Å². The van der Waals surface area contributed by atoms with Crippen LogP contribution < -0.4 is 4.74 Å². The van der Waals surface area contributed by atoms with Crippen molar-refractivity contribution in [3.8, 4) is 11.8 Å². The van der Waals surface area contributed by atoms with Crippen molar-refractivity contribution in [3.05, 3.63) is 27.5 Å². The highest BCUT2D eigenvalue weighted by Gasteiger charge is 2.09. The van der Waals surface area contributed by atoms with Gasteiger partial charge in [-0.3, -0.25) is 0 Å². The highest BCUT2D eigenvalue weighted by atomic mass is 79.9. The molecular weight excluding hydrogens is 262 g/mol. The summed E-state index contributed by atoms with van der Waals surface area (Å²) in [5, 5.41) is 11.8. The molecule has 14 heavy (non-hydrogen) atoms. The average molecular weight is 268 g/mol. The second-order valence-corrected chi connectivity index (χ2v) is 4.51. The molecule has 70 valence electrons. The molecule has 0 unspecified atom stereocenters. The van der Waals surface area contributed by atoms with Gasteiger partial charge in [-0.15, -0.1) is 11.3 Å². The van der Waals surface area contributed by atoms with Crippen LogP contribution in [0, 0.1) is 11.3 Å². The molecule has 2 nitrogen and oxygen atoms in total. The van der Waals surface area contributed by atoms with Crippen molar-refractivity contribution in [2.45, 2.75) is 0 Å². The van der Waals surface area contributed by atoms with Crippen LogP contribution in [0.25, 0.3) is 10.1 Å². The molecule has 2 aromatic rings. The van der Waals surface area contributed by atoms with E-state index in [2.05, 4.69) is 22.0 Å². The van der Waals surface area contributed by atoms with Gasteiger partial charge in [-0.2, -0.15) is 5.26 Å². The van der Waals surface area contributed by atoms with E-state index in [9.17, 15) is 0 Å². The summed E-state index contributed by atoms with van der Waals surface area (Å²) in [5.74, 6) is 0.743. The van der Waals surface area contributed by atoms with Crippen molar-refractivity contribution in [1.29, 1.82) is 5.26 Å². The molecule has 1 aromatic heterocycles. The molecule has 0 N–H and O–H groups in total. The Morgan fingerprint density at radius 2 is 2.29 bits per heavy atom. The van der Waals surface area contributed by atoms with Crippen LogP contribution in [0.5, 0.6) is 5.75 Å². The van der Waals surface area contributed by atoms with Crippen LogP contribution in [0.1, 0.15) is 5.56 Å². The number of thiophene rings is 1. The van der Waals surface area contributed by atoms with Crippen LogP contribution in [-0.4, -0.2) is 7.11 Å². The van der Waals surface area contributed by atoms with Crippen molar-refractivity contribution < 1.29 is 4.74 Å². The lowest BCUT2D eigenvalue weighted by Gasteiger charge is -2.02. The first-order chi connectivity index (χ1) is 6.76. The number of methoxy groups -OCH3 is 1. The fourth-order valence-corrected chi connectivity index (χ4v) is 3.01. The highest BCUT2D eigenvalue weighted by Crippen LogP contribution is 2.37. The van der Waals surface area contributed by atoms with E-state index in [0.717, 1.165) is 20.3 Å². The minimum Gasteiger partial charge on any atom is -0.496 e. The quantitative estimate of drug-likeness (QED) is 0.792. The number of benzene rings is 1. The van der Waals surface area contributed by atoms with Crippen LogP contribution in [0.2, 0.25) is 0 Å². The number of halogens is 1. The largest absolute Gasteiger partial charge is 0.496 e. The first-order valence-electron chi connectivity index (χ1n) is 3.91. The molecule has 0 aliphatic rings. The Bertz CT molecular complexity index is 527. The van der Waals surface area contributed by atoms with E-state index < -0.39 is 0 Å². The van der Waals surface area contributed by atoms with Gasteiger partial charge in [0.2, 0.25) is 0 Å². The number of fused-ring (bicyclic) bond motifs is 1. The average Bonchev–Trinajstić information content (AvgIpc) is 2.59. The van der Waals surface area contributed by atoms with E-state index in [1.54, 1.807) is 24.5 Å². The zero-order valence-corrected chi connectivity index (χ0v) is 9.78. The lowest BCUT2D eigenvalue weighted by Crippen LogP contribution is -1.85. The summed E-state index contributed by atoms with van der Waals surface area (Å²) in [7, 11) is 1.61. The number of ether oxygens (including phenoxy) is 1. The van der Waals surface area contributed by atoms with E-state index in [4.69, 9.17) is 10.00 Å². The Kier molecular flexibility index (Phi) is 2.44. The van der Waals surface area contributed by atoms with Gasteiger partial charge in [0.1, 0.15) is 5.75 Å². The van der Waals surface area contributed by atoms with Gasteiger partial charge in [-0.05, 0) is 28.1 Å². The van der Waals surface area contributed by atoms with Gasteiger partial charge in [0, 0.05) is 19.9 Å². The molecule has 0 radical (unpaired) electrons. The molecule has 4 heteroatoms. The van der Waals surface area contributed by atoms with Gasteiger partial charge in [0.05, 0.1) is 18.7 Å². The Morgan fingerprint density at radius 1 is 1.50 bits per heavy atom. The molecule has 0 aliphatic heterocycles. The van der Waals surface area contributed by atoms with Crippen LogP contribution in [0.4, 0.5) is 0 Å². The SMILES string of the molecule is COc1cc(C#N)cc2scc(Br)c12. The Labute approximate surface area is 93.9 Å². The molecule has 0 spiro atoms. The maximum absolute atomic E-state index is 8.81. The maximum atomic E-state index is 8.81. The number of hydrogen-bond donors (Lipinski definition) is 0. The third-order valence-electron chi connectivity index (χ3n) is 1.94. The van der Waals surface area contributed by atoms with Gasteiger partial charge in [-0.25, -0.2) is 0 Å². The second-order valence-electron chi connectivity index (χ2n) is 2.75. The fourth-order valence-electron chi connectivity index (χ4n) is 1.32. The molecule has 0 amide bonds. The second kappa shape index (κ2) is 3.60. The predicted octanol–water partition coefficient (Wildman–Crippen LogP) is 3.54. The summed E-state index contributed by atoms with van der Waals surface area (Å²) in [6.07, 6.45) is 0. The zero-order valence-electron chi connectivity index (χ0n) is 7.37. The highest BCUT2D eigenvalue weighted by molar-refractivity contribution is 9.10. The number of nitriles is 1. The number of rotatable bonds is 1. The summed E-state index contributed by atoms with van der Waals surface area (Å²) >= 11 is 5.05. The Morgan fingerprint density at radius 3 is 2.93 bits per heavy atom. The molecule has 0 fully saturated rings. The number of nitrogens with zero attached hydrogens (tertiary/aromatic N) is 1. The van der Waals surface area contributed by atoms with Crippen LogP contribution in [0.3, 0.4) is 0 Å². The van der Waals surface area contributed by atoms with Crippen molar-refractivity contribution in [2.24, 2.45) is 0 Å². The minimum absolute atomic E-state index is 0.628. The van der Waals surface area contributed by atoms with Crippen molar-refractivity contribution in [3.63, 3.8) is 0 Å². The molecule has 0 saturated carbocycles. The lowest BCUT2D eigenvalue weighted by molar-refractivity contribution is 0.419. The molecule has 1 aromatic carbocycles. The van der Waals surface area contributed by atoms with E-state index in [0.29, 0.717) is 5.56 Å². The first-order valence-corrected chi connectivity index (χ1v) is 5.58. The van der Waals surface area contributed by atoms with Gasteiger partial charge >= 0.3 is 0 Å². The summed E-state index contributed by atoms with van der Waals surface area (Å²) in [4.78, 5) is 0. The van der Waals surface area contributed by atoms with Gasteiger partial charge in [0.25, 0.3) is 0 Å². The normalized spacial score (nSPS) is 10.1. The van der Waals surface area contributed by atoms with Crippen LogP contribution in [-0.2, 0) is 0 Å². The molecule has 0 atom stereocenters. The van der Waals surface area contributed by atoms with E-state index in [1.165, 1.54) is 0 Å². The van der Waals surface area contributed by atoms with Crippen molar-refractivity contribution in [1.82, 2.24) is 0 Å². The van der Waals surface area contributed by atoms with Crippen LogP contribution >= 0.6 is 27.3 Å². The topological polar surface area (TPSA) is 33.0 Å². The van der Waals surface area contributed by atoms with Gasteiger partial charge in [-0.1, -0.05) is 0 Å².